The Morgan fingerprint density at radius 1 is 1.25 bits per heavy atom. The third-order valence-electron chi connectivity index (χ3n) is 4.30. The molecule has 24 heavy (non-hydrogen) atoms. The lowest BCUT2D eigenvalue weighted by molar-refractivity contribution is 0.264. The van der Waals surface area contributed by atoms with Crippen molar-refractivity contribution < 1.29 is 8.42 Å². The average molecular weight is 349 g/mol. The highest BCUT2D eigenvalue weighted by Crippen LogP contribution is 2.26. The van der Waals surface area contributed by atoms with Crippen molar-refractivity contribution in [2.45, 2.75) is 25.8 Å². The van der Waals surface area contributed by atoms with Gasteiger partial charge >= 0.3 is 0 Å². The van der Waals surface area contributed by atoms with Crippen molar-refractivity contribution in [1.29, 1.82) is 0 Å². The molecule has 1 aliphatic rings. The third kappa shape index (κ3) is 3.09. The first kappa shape index (κ1) is 17.1. The molecular weight excluding hydrogens is 326 g/mol. The van der Waals surface area contributed by atoms with Gasteiger partial charge in [-0.2, -0.15) is 17.0 Å². The van der Waals surface area contributed by atoms with E-state index in [9.17, 15) is 8.42 Å². The first-order chi connectivity index (χ1) is 11.3. The van der Waals surface area contributed by atoms with E-state index in [-0.39, 0.29) is 6.04 Å². The Kier molecular flexibility index (Phi) is 4.46. The molecule has 2 heterocycles. The maximum absolute atomic E-state index is 12.0. The van der Waals surface area contributed by atoms with Gasteiger partial charge in [0, 0.05) is 32.6 Å². The summed E-state index contributed by atoms with van der Waals surface area (Å²) < 4.78 is 26.8. The van der Waals surface area contributed by atoms with Gasteiger partial charge in [0.1, 0.15) is 12.1 Å². The Morgan fingerprint density at radius 3 is 2.58 bits per heavy atom. The zero-order valence-corrected chi connectivity index (χ0v) is 15.2. The first-order valence-corrected chi connectivity index (χ1v) is 9.37. The Morgan fingerprint density at radius 2 is 1.96 bits per heavy atom. The van der Waals surface area contributed by atoms with Crippen molar-refractivity contribution in [3.05, 3.63) is 30.1 Å². The highest BCUT2D eigenvalue weighted by molar-refractivity contribution is 7.86. The number of anilines is 1. The van der Waals surface area contributed by atoms with Crippen LogP contribution in [0.5, 0.6) is 0 Å². The average Bonchev–Trinajstić information content (AvgIpc) is 2.49. The van der Waals surface area contributed by atoms with E-state index in [1.165, 1.54) is 20.5 Å². The fourth-order valence-electron chi connectivity index (χ4n) is 2.69. The number of nitrogens with zero attached hydrogens (tertiary/aromatic N) is 4. The van der Waals surface area contributed by atoms with Crippen LogP contribution in [0.25, 0.3) is 10.9 Å². The number of aromatic nitrogens is 2. The minimum absolute atomic E-state index is 0.0560. The second-order valence-corrected chi connectivity index (χ2v) is 8.74. The number of fused-ring (bicyclic) bond motifs is 1. The van der Waals surface area contributed by atoms with Gasteiger partial charge < -0.3 is 5.32 Å². The van der Waals surface area contributed by atoms with Gasteiger partial charge in [-0.25, -0.2) is 9.97 Å². The van der Waals surface area contributed by atoms with E-state index < -0.39 is 10.2 Å². The van der Waals surface area contributed by atoms with Crippen LogP contribution < -0.4 is 5.32 Å². The summed E-state index contributed by atoms with van der Waals surface area (Å²) in [4.78, 5) is 8.66. The molecule has 0 saturated carbocycles. The predicted octanol–water partition coefficient (Wildman–Crippen LogP) is 1.66. The van der Waals surface area contributed by atoms with Crippen LogP contribution >= 0.6 is 0 Å². The van der Waals surface area contributed by atoms with Crippen LogP contribution in [0.3, 0.4) is 0 Å². The SMILES string of the molecule is CC(C)c1ccc2ncnc(NC3CN(S(=O)(=O)N(C)C)C3)c2c1. The maximum Gasteiger partial charge on any atom is 0.281 e. The summed E-state index contributed by atoms with van der Waals surface area (Å²) in [5.41, 5.74) is 2.11. The van der Waals surface area contributed by atoms with E-state index in [2.05, 4.69) is 41.3 Å². The van der Waals surface area contributed by atoms with Gasteiger partial charge in [-0.05, 0) is 23.6 Å². The summed E-state index contributed by atoms with van der Waals surface area (Å²) in [7, 11) is -0.246. The van der Waals surface area contributed by atoms with Crippen LogP contribution in [-0.2, 0) is 10.2 Å². The number of nitrogens with one attached hydrogen (secondary N) is 1. The second-order valence-electron chi connectivity index (χ2n) is 6.60. The van der Waals surface area contributed by atoms with Crippen LogP contribution in [0.1, 0.15) is 25.3 Å². The molecule has 1 saturated heterocycles. The summed E-state index contributed by atoms with van der Waals surface area (Å²) in [5, 5.41) is 4.32. The lowest BCUT2D eigenvalue weighted by atomic mass is 10.0. The third-order valence-corrected chi connectivity index (χ3v) is 6.18. The van der Waals surface area contributed by atoms with Crippen molar-refractivity contribution in [3.63, 3.8) is 0 Å². The van der Waals surface area contributed by atoms with Gasteiger partial charge in [0.2, 0.25) is 0 Å². The Bertz CT molecular complexity index is 845. The van der Waals surface area contributed by atoms with Gasteiger partial charge in [0.05, 0.1) is 11.6 Å². The second kappa shape index (κ2) is 6.27. The summed E-state index contributed by atoms with van der Waals surface area (Å²) in [6.07, 6.45) is 1.53. The van der Waals surface area contributed by atoms with Crippen LogP contribution in [0.2, 0.25) is 0 Å². The molecule has 0 radical (unpaired) electrons. The van der Waals surface area contributed by atoms with Gasteiger partial charge in [0.15, 0.2) is 0 Å². The van der Waals surface area contributed by atoms with Crippen molar-refractivity contribution >= 4 is 26.9 Å². The number of rotatable bonds is 5. The van der Waals surface area contributed by atoms with Crippen molar-refractivity contribution in [1.82, 2.24) is 18.6 Å². The van der Waals surface area contributed by atoms with Crippen LogP contribution in [0.15, 0.2) is 24.5 Å². The van der Waals surface area contributed by atoms with Crippen LogP contribution in [0.4, 0.5) is 5.82 Å². The maximum atomic E-state index is 12.0. The lowest BCUT2D eigenvalue weighted by Gasteiger charge is -2.39. The quantitative estimate of drug-likeness (QED) is 0.888. The fraction of sp³-hybridized carbons (Fsp3) is 0.500. The smallest absolute Gasteiger partial charge is 0.281 e. The van der Waals surface area contributed by atoms with E-state index in [0.29, 0.717) is 19.0 Å². The molecule has 0 spiro atoms. The zero-order valence-electron chi connectivity index (χ0n) is 14.4. The van der Waals surface area contributed by atoms with Gasteiger partial charge in [-0.3, -0.25) is 0 Å². The molecule has 130 valence electrons. The summed E-state index contributed by atoms with van der Waals surface area (Å²) >= 11 is 0. The molecule has 1 N–H and O–H groups in total. The summed E-state index contributed by atoms with van der Waals surface area (Å²) in [5.74, 6) is 1.18. The van der Waals surface area contributed by atoms with E-state index in [0.717, 1.165) is 16.7 Å². The molecule has 0 amide bonds. The number of hydrogen-bond donors (Lipinski definition) is 1. The summed E-state index contributed by atoms with van der Waals surface area (Å²) in [6, 6.07) is 6.25. The fourth-order valence-corrected chi connectivity index (χ4v) is 3.89. The minimum Gasteiger partial charge on any atom is -0.364 e. The van der Waals surface area contributed by atoms with Gasteiger partial charge in [-0.15, -0.1) is 0 Å². The number of hydrogen-bond acceptors (Lipinski definition) is 5. The normalized spacial score (nSPS) is 16.8. The first-order valence-electron chi connectivity index (χ1n) is 7.98. The Labute approximate surface area is 142 Å². The molecule has 0 atom stereocenters. The van der Waals surface area contributed by atoms with Gasteiger partial charge in [-0.1, -0.05) is 19.9 Å². The zero-order chi connectivity index (χ0) is 17.5. The van der Waals surface area contributed by atoms with Crippen molar-refractivity contribution in [2.24, 2.45) is 0 Å². The molecule has 0 bridgehead atoms. The van der Waals surface area contributed by atoms with E-state index in [1.807, 2.05) is 6.07 Å². The van der Waals surface area contributed by atoms with Crippen molar-refractivity contribution in [2.75, 3.05) is 32.5 Å². The molecule has 8 heteroatoms. The lowest BCUT2D eigenvalue weighted by Crippen LogP contribution is -2.59. The van der Waals surface area contributed by atoms with E-state index >= 15 is 0 Å². The largest absolute Gasteiger partial charge is 0.364 e. The molecule has 7 nitrogen and oxygen atoms in total. The highest BCUT2D eigenvalue weighted by atomic mass is 32.2. The highest BCUT2D eigenvalue weighted by Gasteiger charge is 2.37. The Hall–Kier alpha value is -1.77. The Balaban J connectivity index is 1.78. The monoisotopic (exact) mass is 349 g/mol. The van der Waals surface area contributed by atoms with Crippen molar-refractivity contribution in [3.8, 4) is 0 Å². The standard InChI is InChI=1S/C16H23N5O2S/c1-11(2)12-5-6-15-14(7-12)16(18-10-17-15)19-13-8-21(9-13)24(22,23)20(3)4/h5-7,10-11,13H,8-9H2,1-4H3,(H,17,18,19). The molecule has 0 aliphatic carbocycles. The summed E-state index contributed by atoms with van der Waals surface area (Å²) in [6.45, 7) is 5.17. The predicted molar refractivity (Wildman–Crippen MR) is 95.2 cm³/mol. The van der Waals surface area contributed by atoms with Crippen LogP contribution in [-0.4, -0.2) is 60.2 Å². The van der Waals surface area contributed by atoms with Gasteiger partial charge in [0.25, 0.3) is 10.2 Å². The molecule has 2 aromatic rings. The van der Waals surface area contributed by atoms with E-state index in [1.54, 1.807) is 14.1 Å². The molecule has 3 rings (SSSR count). The molecule has 1 aromatic heterocycles. The molecule has 1 aromatic carbocycles. The minimum atomic E-state index is -3.33. The number of benzene rings is 1. The molecular formula is C16H23N5O2S. The molecule has 0 unspecified atom stereocenters. The molecule has 1 aliphatic heterocycles. The van der Waals surface area contributed by atoms with Crippen LogP contribution in [0, 0.1) is 0 Å². The molecule has 1 fully saturated rings. The van der Waals surface area contributed by atoms with E-state index in [4.69, 9.17) is 0 Å². The topological polar surface area (TPSA) is 78.4 Å².